The molecule has 1 atom stereocenters. The van der Waals surface area contributed by atoms with Crippen molar-refractivity contribution in [1.82, 2.24) is 15.0 Å². The Morgan fingerprint density at radius 3 is 2.80 bits per heavy atom. The molecule has 30 heavy (non-hydrogen) atoms. The van der Waals surface area contributed by atoms with Crippen LogP contribution in [-0.2, 0) is 11.2 Å². The summed E-state index contributed by atoms with van der Waals surface area (Å²) in [5.74, 6) is 2.11. The molecule has 1 unspecified atom stereocenters. The predicted octanol–water partition coefficient (Wildman–Crippen LogP) is 4.12. The molecule has 3 heterocycles. The fourth-order valence-electron chi connectivity index (χ4n) is 4.63. The SMILES string of the molecule is O=C(Nc1ccccc1F)N1CCC2(CC1)CC(Cc1noc(C3CC3)n1)CCO2. The zero-order chi connectivity index (χ0) is 20.6. The Morgan fingerprint density at radius 2 is 2.03 bits per heavy atom. The number of hydrogen-bond acceptors (Lipinski definition) is 5. The second-order valence-corrected chi connectivity index (χ2v) is 8.81. The highest BCUT2D eigenvalue weighted by molar-refractivity contribution is 5.89. The third kappa shape index (κ3) is 4.19. The first kappa shape index (κ1) is 19.5. The molecule has 1 saturated carbocycles. The van der Waals surface area contributed by atoms with Gasteiger partial charge < -0.3 is 19.5 Å². The molecule has 2 saturated heterocycles. The fourth-order valence-corrected chi connectivity index (χ4v) is 4.63. The number of carbonyl (C=O) groups is 1. The van der Waals surface area contributed by atoms with Gasteiger partial charge in [0.15, 0.2) is 5.82 Å². The number of nitrogens with one attached hydrogen (secondary N) is 1. The number of anilines is 1. The second-order valence-electron chi connectivity index (χ2n) is 8.81. The van der Waals surface area contributed by atoms with Gasteiger partial charge in [-0.1, -0.05) is 17.3 Å². The molecule has 1 aliphatic carbocycles. The summed E-state index contributed by atoms with van der Waals surface area (Å²) in [6, 6.07) is 5.96. The van der Waals surface area contributed by atoms with Gasteiger partial charge in [0.1, 0.15) is 5.82 Å². The number of urea groups is 1. The predicted molar refractivity (Wildman–Crippen MR) is 108 cm³/mol. The van der Waals surface area contributed by atoms with Crippen molar-refractivity contribution in [3.8, 4) is 0 Å². The van der Waals surface area contributed by atoms with Crippen molar-refractivity contribution in [2.45, 2.75) is 56.5 Å². The third-order valence-electron chi connectivity index (χ3n) is 6.55. The quantitative estimate of drug-likeness (QED) is 0.814. The molecule has 0 radical (unpaired) electrons. The first-order chi connectivity index (χ1) is 14.6. The number of nitrogens with zero attached hydrogens (tertiary/aromatic N) is 3. The van der Waals surface area contributed by atoms with E-state index in [0.717, 1.165) is 63.3 Å². The highest BCUT2D eigenvalue weighted by Crippen LogP contribution is 2.40. The van der Waals surface area contributed by atoms with E-state index in [1.807, 2.05) is 0 Å². The zero-order valence-corrected chi connectivity index (χ0v) is 17.0. The van der Waals surface area contributed by atoms with Crippen molar-refractivity contribution in [2.24, 2.45) is 5.92 Å². The number of aromatic nitrogens is 2. The zero-order valence-electron chi connectivity index (χ0n) is 17.0. The summed E-state index contributed by atoms with van der Waals surface area (Å²) in [5, 5.41) is 6.84. The van der Waals surface area contributed by atoms with Crippen molar-refractivity contribution in [1.29, 1.82) is 0 Å². The number of ether oxygens (including phenoxy) is 1. The smallest absolute Gasteiger partial charge is 0.321 e. The normalized spacial score (nSPS) is 23.5. The molecule has 1 spiro atoms. The maximum absolute atomic E-state index is 13.8. The molecule has 1 N–H and O–H groups in total. The molecule has 3 fully saturated rings. The van der Waals surface area contributed by atoms with E-state index >= 15 is 0 Å². The molecule has 1 aromatic heterocycles. The number of amides is 2. The summed E-state index contributed by atoms with van der Waals surface area (Å²) in [7, 11) is 0. The number of halogens is 1. The van der Waals surface area contributed by atoms with Crippen LogP contribution in [0.2, 0.25) is 0 Å². The molecule has 8 heteroatoms. The summed E-state index contributed by atoms with van der Waals surface area (Å²) < 4.78 is 25.4. The van der Waals surface area contributed by atoms with Crippen LogP contribution in [0.5, 0.6) is 0 Å². The molecule has 2 amide bonds. The second kappa shape index (κ2) is 7.98. The van der Waals surface area contributed by atoms with Crippen LogP contribution in [0.15, 0.2) is 28.8 Å². The third-order valence-corrected chi connectivity index (χ3v) is 6.55. The van der Waals surface area contributed by atoms with Gasteiger partial charge in [-0.3, -0.25) is 0 Å². The van der Waals surface area contributed by atoms with Gasteiger partial charge in [-0.2, -0.15) is 4.98 Å². The Balaban J connectivity index is 1.15. The van der Waals surface area contributed by atoms with Crippen LogP contribution in [0, 0.1) is 11.7 Å². The minimum atomic E-state index is -0.427. The Labute approximate surface area is 175 Å². The monoisotopic (exact) mass is 414 g/mol. The number of carbonyl (C=O) groups excluding carboxylic acids is 1. The van der Waals surface area contributed by atoms with E-state index in [-0.39, 0.29) is 17.3 Å². The molecule has 7 nitrogen and oxygen atoms in total. The Bertz CT molecular complexity index is 905. The van der Waals surface area contributed by atoms with Crippen LogP contribution in [-0.4, -0.2) is 46.4 Å². The number of hydrogen-bond donors (Lipinski definition) is 1. The van der Waals surface area contributed by atoms with E-state index < -0.39 is 5.82 Å². The molecule has 5 rings (SSSR count). The maximum atomic E-state index is 13.8. The van der Waals surface area contributed by atoms with Crippen molar-refractivity contribution in [3.05, 3.63) is 41.8 Å². The average Bonchev–Trinajstić information content (AvgIpc) is 3.50. The molecular weight excluding hydrogens is 387 g/mol. The number of likely N-dealkylation sites (tertiary alicyclic amines) is 1. The van der Waals surface area contributed by atoms with Crippen LogP contribution in [0.1, 0.15) is 56.2 Å². The Hall–Kier alpha value is -2.48. The van der Waals surface area contributed by atoms with Crippen molar-refractivity contribution in [2.75, 3.05) is 25.0 Å². The highest BCUT2D eigenvalue weighted by atomic mass is 19.1. The number of piperidine rings is 1. The first-order valence-electron chi connectivity index (χ1n) is 10.9. The molecular formula is C22H27FN4O3. The number of para-hydroxylation sites is 1. The van der Waals surface area contributed by atoms with Crippen LogP contribution in [0.3, 0.4) is 0 Å². The molecule has 160 valence electrons. The van der Waals surface area contributed by atoms with Gasteiger partial charge in [-0.25, -0.2) is 9.18 Å². The van der Waals surface area contributed by atoms with Gasteiger partial charge in [0.25, 0.3) is 0 Å². The minimum absolute atomic E-state index is 0.194. The number of rotatable bonds is 4. The Morgan fingerprint density at radius 1 is 1.23 bits per heavy atom. The van der Waals surface area contributed by atoms with Crippen LogP contribution in [0.25, 0.3) is 0 Å². The molecule has 3 aliphatic rings. The fraction of sp³-hybridized carbons (Fsp3) is 0.591. The first-order valence-corrected chi connectivity index (χ1v) is 10.9. The van der Waals surface area contributed by atoms with E-state index in [1.165, 1.54) is 6.07 Å². The van der Waals surface area contributed by atoms with E-state index in [9.17, 15) is 9.18 Å². The molecule has 2 aromatic rings. The average molecular weight is 414 g/mol. The van der Waals surface area contributed by atoms with E-state index in [0.29, 0.717) is 24.9 Å². The van der Waals surface area contributed by atoms with Gasteiger partial charge >= 0.3 is 6.03 Å². The highest BCUT2D eigenvalue weighted by Gasteiger charge is 2.41. The summed E-state index contributed by atoms with van der Waals surface area (Å²) in [5.41, 5.74) is 0.0169. The molecule has 0 bridgehead atoms. The van der Waals surface area contributed by atoms with E-state index in [1.54, 1.807) is 23.1 Å². The van der Waals surface area contributed by atoms with Crippen molar-refractivity contribution >= 4 is 11.7 Å². The van der Waals surface area contributed by atoms with Gasteiger partial charge in [-0.05, 0) is 56.6 Å². The lowest BCUT2D eigenvalue weighted by Crippen LogP contribution is -2.51. The molecule has 1 aromatic carbocycles. The maximum Gasteiger partial charge on any atom is 0.321 e. The summed E-state index contributed by atoms with van der Waals surface area (Å²) in [6.07, 6.45) is 6.64. The standard InChI is InChI=1S/C22H27FN4O3/c23-17-3-1-2-4-18(17)24-21(28)27-10-8-22(9-11-27)14-15(7-12-29-22)13-19-25-20(30-26-19)16-5-6-16/h1-4,15-16H,5-14H2,(H,24,28). The lowest BCUT2D eigenvalue weighted by atomic mass is 9.78. The minimum Gasteiger partial charge on any atom is -0.375 e. The van der Waals surface area contributed by atoms with Crippen LogP contribution in [0.4, 0.5) is 14.9 Å². The van der Waals surface area contributed by atoms with Crippen molar-refractivity contribution < 1.29 is 18.4 Å². The van der Waals surface area contributed by atoms with Gasteiger partial charge in [0, 0.05) is 32.0 Å². The summed E-state index contributed by atoms with van der Waals surface area (Å²) in [4.78, 5) is 18.9. The lowest BCUT2D eigenvalue weighted by Gasteiger charge is -2.46. The van der Waals surface area contributed by atoms with Gasteiger partial charge in [-0.15, -0.1) is 0 Å². The van der Waals surface area contributed by atoms with Gasteiger partial charge in [0.2, 0.25) is 5.89 Å². The topological polar surface area (TPSA) is 80.5 Å². The lowest BCUT2D eigenvalue weighted by molar-refractivity contribution is -0.122. The molecule has 2 aliphatic heterocycles. The largest absolute Gasteiger partial charge is 0.375 e. The number of benzene rings is 1. The van der Waals surface area contributed by atoms with Crippen LogP contribution >= 0.6 is 0 Å². The van der Waals surface area contributed by atoms with E-state index in [4.69, 9.17) is 9.26 Å². The van der Waals surface area contributed by atoms with Crippen molar-refractivity contribution in [3.63, 3.8) is 0 Å². The van der Waals surface area contributed by atoms with E-state index in [2.05, 4.69) is 15.5 Å². The Kier molecular flexibility index (Phi) is 5.18. The summed E-state index contributed by atoms with van der Waals surface area (Å²) >= 11 is 0. The van der Waals surface area contributed by atoms with Gasteiger partial charge in [0.05, 0.1) is 11.3 Å². The summed E-state index contributed by atoms with van der Waals surface area (Å²) in [6.45, 7) is 1.92. The van der Waals surface area contributed by atoms with Crippen LogP contribution < -0.4 is 5.32 Å².